The molecule has 1 aromatic heterocycles. The van der Waals surface area contributed by atoms with Gasteiger partial charge in [-0.1, -0.05) is 47.6 Å². The zero-order valence-electron chi connectivity index (χ0n) is 12.4. The van der Waals surface area contributed by atoms with Crippen LogP contribution in [0.4, 0.5) is 0 Å². The maximum atomic E-state index is 5.85. The molecule has 5 heteroatoms. The monoisotopic (exact) mass is 331 g/mol. The molecule has 1 N–H and O–H groups in total. The maximum Gasteiger partial charge on any atom is 0.129 e. The number of benzene rings is 1. The molecule has 1 saturated heterocycles. The first kappa shape index (κ1) is 15.3. The lowest BCUT2D eigenvalue weighted by atomic mass is 10.2. The van der Waals surface area contributed by atoms with Crippen molar-refractivity contribution >= 4 is 23.4 Å². The van der Waals surface area contributed by atoms with Crippen molar-refractivity contribution in [2.45, 2.75) is 18.4 Å². The molecular weight excluding hydrogens is 314 g/mol. The van der Waals surface area contributed by atoms with Crippen molar-refractivity contribution in [3.05, 3.63) is 70.1 Å². The molecule has 0 saturated carbocycles. The Morgan fingerprint density at radius 2 is 2.09 bits per heavy atom. The largest absolute Gasteiger partial charge is 0.369 e. The Morgan fingerprint density at radius 1 is 1.27 bits per heavy atom. The fourth-order valence-electron chi connectivity index (χ4n) is 2.47. The van der Waals surface area contributed by atoms with Crippen LogP contribution in [0.2, 0.25) is 5.15 Å². The lowest BCUT2D eigenvalue weighted by Gasteiger charge is -2.21. The molecule has 2 heterocycles. The molecule has 2 aromatic rings. The average molecular weight is 332 g/mol. The molecule has 0 radical (unpaired) electrons. The van der Waals surface area contributed by atoms with Crippen molar-refractivity contribution in [2.75, 3.05) is 13.1 Å². The highest BCUT2D eigenvalue weighted by atomic mass is 35.5. The highest BCUT2D eigenvalue weighted by Crippen LogP contribution is 2.30. The van der Waals surface area contributed by atoms with Gasteiger partial charge < -0.3 is 10.2 Å². The van der Waals surface area contributed by atoms with Gasteiger partial charge in [-0.15, -0.1) is 0 Å². The van der Waals surface area contributed by atoms with Gasteiger partial charge in [0.2, 0.25) is 0 Å². The number of pyridine rings is 1. The van der Waals surface area contributed by atoms with Crippen molar-refractivity contribution in [1.29, 1.82) is 0 Å². The van der Waals surface area contributed by atoms with E-state index in [2.05, 4.69) is 46.4 Å². The van der Waals surface area contributed by atoms with Crippen LogP contribution in [0.5, 0.6) is 0 Å². The van der Waals surface area contributed by atoms with Crippen molar-refractivity contribution in [1.82, 2.24) is 15.2 Å². The molecule has 22 heavy (non-hydrogen) atoms. The van der Waals surface area contributed by atoms with Crippen LogP contribution in [0.25, 0.3) is 0 Å². The van der Waals surface area contributed by atoms with Crippen LogP contribution in [-0.2, 0) is 6.54 Å². The molecule has 0 aliphatic carbocycles. The summed E-state index contributed by atoms with van der Waals surface area (Å²) in [5.41, 5.74) is 1.17. The first-order valence-electron chi connectivity index (χ1n) is 7.25. The summed E-state index contributed by atoms with van der Waals surface area (Å²) in [4.78, 5) is 9.05. The summed E-state index contributed by atoms with van der Waals surface area (Å²) < 4.78 is 0. The number of aromatic nitrogens is 1. The Balaban J connectivity index is 1.74. The van der Waals surface area contributed by atoms with Crippen molar-refractivity contribution in [3.63, 3.8) is 0 Å². The lowest BCUT2D eigenvalue weighted by molar-refractivity contribution is 0.386. The van der Waals surface area contributed by atoms with Crippen LogP contribution in [0.15, 0.2) is 64.3 Å². The maximum absolute atomic E-state index is 5.85. The van der Waals surface area contributed by atoms with E-state index >= 15 is 0 Å². The van der Waals surface area contributed by atoms with Crippen LogP contribution in [0, 0.1) is 0 Å². The van der Waals surface area contributed by atoms with Gasteiger partial charge in [0.25, 0.3) is 0 Å². The summed E-state index contributed by atoms with van der Waals surface area (Å²) in [6, 6.07) is 14.3. The molecule has 114 valence electrons. The quantitative estimate of drug-likeness (QED) is 0.673. The van der Waals surface area contributed by atoms with Crippen LogP contribution in [-0.4, -0.2) is 23.0 Å². The predicted octanol–water partition coefficient (Wildman–Crippen LogP) is 4.12. The Morgan fingerprint density at radius 3 is 2.82 bits per heavy atom. The third-order valence-corrected chi connectivity index (χ3v) is 4.73. The van der Waals surface area contributed by atoms with E-state index in [1.165, 1.54) is 21.2 Å². The molecule has 0 amide bonds. The molecule has 3 rings (SSSR count). The van der Waals surface area contributed by atoms with Crippen molar-refractivity contribution in [3.8, 4) is 0 Å². The lowest BCUT2D eigenvalue weighted by Crippen LogP contribution is -2.20. The van der Waals surface area contributed by atoms with Crippen LogP contribution >= 0.6 is 23.4 Å². The molecule has 1 aliphatic heterocycles. The SMILES string of the molecule is C/C(Sc1ccccc1)=C1/NCCN1Cc1ccc(Cl)nc1. The van der Waals surface area contributed by atoms with Crippen LogP contribution in [0.3, 0.4) is 0 Å². The van der Waals surface area contributed by atoms with E-state index in [-0.39, 0.29) is 0 Å². The molecule has 1 aromatic carbocycles. The molecule has 0 unspecified atom stereocenters. The smallest absolute Gasteiger partial charge is 0.129 e. The Bertz CT molecular complexity index is 655. The van der Waals surface area contributed by atoms with Gasteiger partial charge in [-0.3, -0.25) is 0 Å². The summed E-state index contributed by atoms with van der Waals surface area (Å²) in [6.45, 7) is 4.99. The number of thioether (sulfide) groups is 1. The van der Waals surface area contributed by atoms with Gasteiger partial charge in [0, 0.05) is 35.6 Å². The summed E-state index contributed by atoms with van der Waals surface area (Å²) in [6.07, 6.45) is 1.85. The molecule has 0 spiro atoms. The van der Waals surface area contributed by atoms with Crippen molar-refractivity contribution < 1.29 is 0 Å². The van der Waals surface area contributed by atoms with E-state index < -0.39 is 0 Å². The predicted molar refractivity (Wildman–Crippen MR) is 92.7 cm³/mol. The molecule has 1 fully saturated rings. The number of hydrogen-bond acceptors (Lipinski definition) is 4. The number of hydrogen-bond donors (Lipinski definition) is 1. The third kappa shape index (κ3) is 3.76. The minimum absolute atomic E-state index is 0.537. The molecular formula is C17H18ClN3S. The van der Waals surface area contributed by atoms with E-state index in [4.69, 9.17) is 11.6 Å². The normalized spacial score (nSPS) is 16.5. The van der Waals surface area contributed by atoms with Crippen LogP contribution in [0.1, 0.15) is 12.5 Å². The second-order valence-electron chi connectivity index (χ2n) is 5.16. The third-order valence-electron chi connectivity index (χ3n) is 3.50. The minimum atomic E-state index is 0.537. The summed E-state index contributed by atoms with van der Waals surface area (Å²) in [5, 5.41) is 4.03. The number of rotatable bonds is 4. The van der Waals surface area contributed by atoms with E-state index in [0.717, 1.165) is 19.6 Å². The van der Waals surface area contributed by atoms with E-state index in [1.54, 1.807) is 11.8 Å². The highest BCUT2D eigenvalue weighted by Gasteiger charge is 2.19. The fraction of sp³-hybridized carbons (Fsp3) is 0.235. The highest BCUT2D eigenvalue weighted by molar-refractivity contribution is 8.03. The Labute approximate surface area is 140 Å². The fourth-order valence-corrected chi connectivity index (χ4v) is 3.53. The number of nitrogens with zero attached hydrogens (tertiary/aromatic N) is 2. The number of nitrogens with one attached hydrogen (secondary N) is 1. The minimum Gasteiger partial charge on any atom is -0.369 e. The van der Waals surface area contributed by atoms with Gasteiger partial charge in [-0.05, 0) is 30.7 Å². The van der Waals surface area contributed by atoms with Crippen molar-refractivity contribution in [2.24, 2.45) is 0 Å². The van der Waals surface area contributed by atoms with Gasteiger partial charge >= 0.3 is 0 Å². The van der Waals surface area contributed by atoms with Crippen LogP contribution < -0.4 is 5.32 Å². The topological polar surface area (TPSA) is 28.2 Å². The zero-order valence-corrected chi connectivity index (χ0v) is 14.0. The first-order chi connectivity index (χ1) is 10.7. The van der Waals surface area contributed by atoms with E-state index in [0.29, 0.717) is 5.15 Å². The Hall–Kier alpha value is -1.65. The molecule has 0 atom stereocenters. The summed E-state index contributed by atoms with van der Waals surface area (Å²) in [7, 11) is 0. The molecule has 3 nitrogen and oxygen atoms in total. The molecule has 1 aliphatic rings. The molecule has 0 bridgehead atoms. The standard InChI is InChI=1S/C17H18ClN3S/c1-13(22-15-5-3-2-4-6-15)17-19-9-10-21(17)12-14-7-8-16(18)20-11-14/h2-8,11,19H,9-10,12H2,1H3/b17-13+. The second kappa shape index (κ2) is 7.07. The average Bonchev–Trinajstić information content (AvgIpc) is 2.99. The van der Waals surface area contributed by atoms with E-state index in [9.17, 15) is 0 Å². The van der Waals surface area contributed by atoms with Gasteiger partial charge in [0.15, 0.2) is 0 Å². The van der Waals surface area contributed by atoms with Gasteiger partial charge in [-0.25, -0.2) is 4.98 Å². The summed E-state index contributed by atoms with van der Waals surface area (Å²) >= 11 is 7.64. The van der Waals surface area contributed by atoms with E-state index in [1.807, 2.05) is 24.4 Å². The number of halogens is 1. The second-order valence-corrected chi connectivity index (χ2v) is 6.83. The van der Waals surface area contributed by atoms with Gasteiger partial charge in [0.1, 0.15) is 11.0 Å². The first-order valence-corrected chi connectivity index (χ1v) is 8.45. The number of allylic oxidation sites excluding steroid dienone is 1. The van der Waals surface area contributed by atoms with Gasteiger partial charge in [0.05, 0.1) is 0 Å². The zero-order chi connectivity index (χ0) is 15.4. The van der Waals surface area contributed by atoms with Gasteiger partial charge in [-0.2, -0.15) is 0 Å². The summed E-state index contributed by atoms with van der Waals surface area (Å²) in [5.74, 6) is 1.21. The Kier molecular flexibility index (Phi) is 4.90.